The minimum absolute atomic E-state index is 0.596. The van der Waals surface area contributed by atoms with Crippen molar-refractivity contribution in [2.45, 2.75) is 0 Å². The van der Waals surface area contributed by atoms with Crippen molar-refractivity contribution in [3.63, 3.8) is 0 Å². The highest BCUT2D eigenvalue weighted by molar-refractivity contribution is 6.18. The van der Waals surface area contributed by atoms with Crippen LogP contribution >= 0.6 is 0 Å². The van der Waals surface area contributed by atoms with Crippen molar-refractivity contribution < 1.29 is 4.42 Å². The first kappa shape index (κ1) is 29.0. The lowest BCUT2D eigenvalue weighted by atomic mass is 9.94. The quantitative estimate of drug-likeness (QED) is 0.174. The van der Waals surface area contributed by atoms with E-state index in [0.717, 1.165) is 55.3 Å². The highest BCUT2D eigenvalue weighted by Crippen LogP contribution is 2.42. The molecule has 4 nitrogen and oxygen atoms in total. The Morgan fingerprint density at radius 3 is 1.53 bits per heavy atom. The molecule has 2 heterocycles. The van der Waals surface area contributed by atoms with Crippen LogP contribution in [-0.2, 0) is 0 Å². The Labute approximate surface area is 294 Å². The largest absolute Gasteiger partial charge is 0.456 e. The zero-order valence-corrected chi connectivity index (χ0v) is 27.5. The predicted molar refractivity (Wildman–Crippen MR) is 209 cm³/mol. The Kier molecular flexibility index (Phi) is 6.78. The summed E-state index contributed by atoms with van der Waals surface area (Å²) in [6, 6.07) is 61.0. The Hall–Kier alpha value is -6.91. The van der Waals surface area contributed by atoms with Gasteiger partial charge < -0.3 is 4.42 Å². The van der Waals surface area contributed by atoms with Crippen molar-refractivity contribution >= 4 is 43.5 Å². The number of hydrogen-bond acceptors (Lipinski definition) is 4. The first-order valence-corrected chi connectivity index (χ1v) is 17.1. The van der Waals surface area contributed by atoms with Crippen molar-refractivity contribution in [3.05, 3.63) is 176 Å². The molecule has 0 aliphatic rings. The Balaban J connectivity index is 1.18. The second-order valence-electron chi connectivity index (χ2n) is 12.8. The fraction of sp³-hybridized carbons (Fsp3) is 0. The zero-order valence-electron chi connectivity index (χ0n) is 27.5. The number of nitrogens with zero attached hydrogens (tertiary/aromatic N) is 3. The van der Waals surface area contributed by atoms with E-state index < -0.39 is 0 Å². The van der Waals surface area contributed by atoms with E-state index >= 15 is 0 Å². The van der Waals surface area contributed by atoms with Gasteiger partial charge in [-0.15, -0.1) is 0 Å². The lowest BCUT2D eigenvalue weighted by Gasteiger charge is -2.11. The maximum Gasteiger partial charge on any atom is 0.164 e. The number of furan rings is 1. The molecule has 2 aromatic heterocycles. The maximum atomic E-state index is 6.55. The van der Waals surface area contributed by atoms with Crippen molar-refractivity contribution in [2.75, 3.05) is 0 Å². The average molecular weight is 652 g/mol. The molecule has 0 aliphatic carbocycles. The molecule has 8 aromatic carbocycles. The minimum Gasteiger partial charge on any atom is -0.456 e. The van der Waals surface area contributed by atoms with E-state index in [1.807, 2.05) is 54.6 Å². The molecule has 0 unspecified atom stereocenters. The van der Waals surface area contributed by atoms with Crippen LogP contribution < -0.4 is 0 Å². The smallest absolute Gasteiger partial charge is 0.164 e. The van der Waals surface area contributed by atoms with Gasteiger partial charge >= 0.3 is 0 Å². The van der Waals surface area contributed by atoms with E-state index in [4.69, 9.17) is 19.4 Å². The van der Waals surface area contributed by atoms with Crippen molar-refractivity contribution in [3.8, 4) is 56.4 Å². The van der Waals surface area contributed by atoms with Crippen LogP contribution in [0.3, 0.4) is 0 Å². The minimum atomic E-state index is 0.596. The molecule has 10 aromatic rings. The predicted octanol–water partition coefficient (Wildman–Crippen LogP) is 12.4. The van der Waals surface area contributed by atoms with E-state index in [9.17, 15) is 0 Å². The first-order valence-electron chi connectivity index (χ1n) is 17.1. The lowest BCUT2D eigenvalue weighted by molar-refractivity contribution is 0.669. The summed E-state index contributed by atoms with van der Waals surface area (Å²) in [5, 5.41) is 6.93. The summed E-state index contributed by atoms with van der Waals surface area (Å²) in [6.07, 6.45) is 0. The second-order valence-corrected chi connectivity index (χ2v) is 12.8. The van der Waals surface area contributed by atoms with Gasteiger partial charge in [-0.3, -0.25) is 0 Å². The van der Waals surface area contributed by atoms with Crippen LogP contribution in [0.25, 0.3) is 99.9 Å². The van der Waals surface area contributed by atoms with Gasteiger partial charge in [-0.25, -0.2) is 15.0 Å². The zero-order chi connectivity index (χ0) is 33.7. The van der Waals surface area contributed by atoms with Gasteiger partial charge in [0.15, 0.2) is 17.5 Å². The van der Waals surface area contributed by atoms with Crippen molar-refractivity contribution in [1.29, 1.82) is 0 Å². The summed E-state index contributed by atoms with van der Waals surface area (Å²) in [5.41, 5.74) is 8.88. The van der Waals surface area contributed by atoms with Gasteiger partial charge in [-0.1, -0.05) is 158 Å². The molecule has 0 aliphatic heterocycles. The average Bonchev–Trinajstić information content (AvgIpc) is 3.60. The number of aromatic nitrogens is 3. The Morgan fingerprint density at radius 1 is 0.314 bits per heavy atom. The summed E-state index contributed by atoms with van der Waals surface area (Å²) in [4.78, 5) is 15.3. The van der Waals surface area contributed by atoms with Gasteiger partial charge in [0.05, 0.1) is 0 Å². The Bertz CT molecular complexity index is 2900. The maximum absolute atomic E-state index is 6.55. The van der Waals surface area contributed by atoms with Crippen LogP contribution in [0.2, 0.25) is 0 Å². The number of benzene rings is 8. The monoisotopic (exact) mass is 651 g/mol. The molecule has 238 valence electrons. The molecular weight excluding hydrogens is 623 g/mol. The molecule has 0 spiro atoms. The fourth-order valence-electron chi connectivity index (χ4n) is 7.25. The molecule has 51 heavy (non-hydrogen) atoms. The van der Waals surface area contributed by atoms with Gasteiger partial charge in [-0.2, -0.15) is 0 Å². The lowest BCUT2D eigenvalue weighted by Crippen LogP contribution is -2.00. The molecule has 0 saturated heterocycles. The third-order valence-corrected chi connectivity index (χ3v) is 9.74. The third kappa shape index (κ3) is 5.04. The van der Waals surface area contributed by atoms with Gasteiger partial charge in [-0.05, 0) is 62.0 Å². The van der Waals surface area contributed by atoms with Crippen LogP contribution in [0.5, 0.6) is 0 Å². The van der Waals surface area contributed by atoms with Gasteiger partial charge in [0.2, 0.25) is 0 Å². The summed E-state index contributed by atoms with van der Waals surface area (Å²) >= 11 is 0. The highest BCUT2D eigenvalue weighted by Gasteiger charge is 2.20. The van der Waals surface area contributed by atoms with Crippen LogP contribution in [-0.4, -0.2) is 15.0 Å². The second kappa shape index (κ2) is 11.9. The summed E-state index contributed by atoms with van der Waals surface area (Å²) in [6.45, 7) is 0. The number of hydrogen-bond donors (Lipinski definition) is 0. The van der Waals surface area contributed by atoms with Crippen LogP contribution in [0.15, 0.2) is 180 Å². The van der Waals surface area contributed by atoms with E-state index in [1.54, 1.807) is 0 Å². The molecular formula is C47H29N3O. The molecule has 0 atom stereocenters. The van der Waals surface area contributed by atoms with Crippen molar-refractivity contribution in [2.24, 2.45) is 0 Å². The van der Waals surface area contributed by atoms with E-state index in [2.05, 4.69) is 121 Å². The molecule has 0 radical (unpaired) electrons. The van der Waals surface area contributed by atoms with Crippen LogP contribution in [0, 0.1) is 0 Å². The summed E-state index contributed by atoms with van der Waals surface area (Å²) in [5.74, 6) is 1.83. The topological polar surface area (TPSA) is 51.8 Å². The standard InChI is InChI=1S/C47H29N3O/c1-3-11-30(12-4-1)31-21-26-35(27-22-31)46-48-45(34-14-5-2-6-15-34)49-47(50-46)39-18-10-20-42-44(39)43-38(17-9-19-41(43)51-42)36-28-25-33-24-23-32-13-7-8-16-37(32)40(33)29-36/h1-29H. The van der Waals surface area contributed by atoms with Gasteiger partial charge in [0, 0.05) is 27.5 Å². The van der Waals surface area contributed by atoms with Crippen LogP contribution in [0.1, 0.15) is 0 Å². The van der Waals surface area contributed by atoms with E-state index in [0.29, 0.717) is 17.5 Å². The molecule has 4 heteroatoms. The summed E-state index contributed by atoms with van der Waals surface area (Å²) < 4.78 is 6.55. The molecule has 0 bridgehead atoms. The molecule has 0 saturated carbocycles. The molecule has 0 amide bonds. The Morgan fingerprint density at radius 2 is 0.804 bits per heavy atom. The molecule has 0 fully saturated rings. The van der Waals surface area contributed by atoms with Crippen molar-refractivity contribution in [1.82, 2.24) is 15.0 Å². The summed E-state index contributed by atoms with van der Waals surface area (Å²) in [7, 11) is 0. The van der Waals surface area contributed by atoms with E-state index in [-0.39, 0.29) is 0 Å². The first-order chi connectivity index (χ1) is 25.3. The van der Waals surface area contributed by atoms with Gasteiger partial charge in [0.1, 0.15) is 11.2 Å². The van der Waals surface area contributed by atoms with Crippen LogP contribution in [0.4, 0.5) is 0 Å². The number of fused-ring (bicyclic) bond motifs is 6. The normalized spacial score (nSPS) is 11.5. The SMILES string of the molecule is c1ccc(-c2ccc(-c3nc(-c4ccccc4)nc(-c4cccc5oc6cccc(-c7ccc8ccc9ccccc9c8c7)c6c45)n3)cc2)cc1. The molecule has 10 rings (SSSR count). The van der Waals surface area contributed by atoms with E-state index in [1.165, 1.54) is 27.1 Å². The third-order valence-electron chi connectivity index (χ3n) is 9.74. The van der Waals surface area contributed by atoms with Gasteiger partial charge in [0.25, 0.3) is 0 Å². The molecule has 0 N–H and O–H groups in total. The fourth-order valence-corrected chi connectivity index (χ4v) is 7.25. The number of rotatable bonds is 5. The highest BCUT2D eigenvalue weighted by atomic mass is 16.3.